The zero-order valence-corrected chi connectivity index (χ0v) is 20.2. The average Bonchev–Trinajstić information content (AvgIpc) is 3.64. The normalized spacial score (nSPS) is 14.5. The van der Waals surface area contributed by atoms with E-state index in [2.05, 4.69) is 10.3 Å². The van der Waals surface area contributed by atoms with Gasteiger partial charge in [-0.1, -0.05) is 18.2 Å². The Morgan fingerprint density at radius 3 is 2.82 bits per heavy atom. The summed E-state index contributed by atoms with van der Waals surface area (Å²) in [6.45, 7) is 1.88. The van der Waals surface area contributed by atoms with Crippen molar-refractivity contribution in [2.75, 3.05) is 25.4 Å². The molecule has 1 N–H and O–H groups in total. The summed E-state index contributed by atoms with van der Waals surface area (Å²) in [4.78, 5) is 31.8. The lowest BCUT2D eigenvalue weighted by Gasteiger charge is -2.30. The van der Waals surface area contributed by atoms with Gasteiger partial charge in [0.15, 0.2) is 5.76 Å². The van der Waals surface area contributed by atoms with Crippen LogP contribution in [-0.2, 0) is 5.75 Å². The van der Waals surface area contributed by atoms with Gasteiger partial charge in [0.05, 0.1) is 17.0 Å². The minimum Gasteiger partial charge on any atom is -0.468 e. The molecular formula is C25H25N3O4S2. The minimum atomic E-state index is -0.140. The number of para-hydroxylation sites is 1. The molecule has 176 valence electrons. The van der Waals surface area contributed by atoms with Gasteiger partial charge in [0.2, 0.25) is 0 Å². The number of rotatable bonds is 8. The van der Waals surface area contributed by atoms with Crippen molar-refractivity contribution in [1.29, 1.82) is 0 Å². The molecule has 0 aliphatic carbocycles. The maximum absolute atomic E-state index is 12.9. The molecule has 1 saturated heterocycles. The van der Waals surface area contributed by atoms with Crippen molar-refractivity contribution >= 4 is 45.9 Å². The number of furan rings is 2. The molecule has 1 aromatic carbocycles. The van der Waals surface area contributed by atoms with Crippen molar-refractivity contribution in [3.8, 4) is 0 Å². The molecule has 0 unspecified atom stereocenters. The fourth-order valence-corrected chi connectivity index (χ4v) is 5.77. The lowest BCUT2D eigenvalue weighted by atomic mass is 9.97. The van der Waals surface area contributed by atoms with Crippen LogP contribution in [0.25, 0.3) is 11.0 Å². The third-order valence-corrected chi connectivity index (χ3v) is 7.87. The second-order valence-electron chi connectivity index (χ2n) is 8.17. The highest BCUT2D eigenvalue weighted by Gasteiger charge is 2.28. The Morgan fingerprint density at radius 1 is 1.18 bits per heavy atom. The van der Waals surface area contributed by atoms with Gasteiger partial charge in [-0.3, -0.25) is 9.59 Å². The molecule has 34 heavy (non-hydrogen) atoms. The van der Waals surface area contributed by atoms with E-state index in [1.165, 1.54) is 11.3 Å². The number of likely N-dealkylation sites (tertiary alicyclic amines) is 1. The molecule has 9 heteroatoms. The standard InChI is InChI=1S/C25H25N3O4S2/c29-23(26-9-13-33-15-19-5-3-12-31-19)20-16-34-24(27-20)17-7-10-28(11-8-17)25(30)22-14-18-4-1-2-6-21(18)32-22/h1-6,12,14,16-17H,7-11,13,15H2,(H,26,29). The predicted octanol–water partition coefficient (Wildman–Crippen LogP) is 5.17. The summed E-state index contributed by atoms with van der Waals surface area (Å²) in [7, 11) is 0. The van der Waals surface area contributed by atoms with Crippen LogP contribution < -0.4 is 5.32 Å². The van der Waals surface area contributed by atoms with Gasteiger partial charge in [-0.2, -0.15) is 11.8 Å². The van der Waals surface area contributed by atoms with Crippen molar-refractivity contribution < 1.29 is 18.4 Å². The summed E-state index contributed by atoms with van der Waals surface area (Å²) in [5.74, 6) is 2.97. The molecule has 1 aliphatic rings. The number of carbonyl (C=O) groups is 2. The van der Waals surface area contributed by atoms with Crippen molar-refractivity contribution in [3.05, 3.63) is 76.3 Å². The van der Waals surface area contributed by atoms with Crippen LogP contribution >= 0.6 is 23.1 Å². The van der Waals surface area contributed by atoms with Crippen molar-refractivity contribution in [1.82, 2.24) is 15.2 Å². The maximum Gasteiger partial charge on any atom is 0.289 e. The molecule has 5 rings (SSSR count). The van der Waals surface area contributed by atoms with Crippen molar-refractivity contribution in [2.24, 2.45) is 0 Å². The molecule has 0 spiro atoms. The Hall–Kier alpha value is -3.04. The lowest BCUT2D eigenvalue weighted by Crippen LogP contribution is -2.37. The Morgan fingerprint density at radius 2 is 2.03 bits per heavy atom. The fourth-order valence-electron chi connectivity index (χ4n) is 4.05. The summed E-state index contributed by atoms with van der Waals surface area (Å²) in [6, 6.07) is 13.3. The third kappa shape index (κ3) is 5.20. The topological polar surface area (TPSA) is 88.6 Å². The van der Waals surface area contributed by atoms with E-state index < -0.39 is 0 Å². The van der Waals surface area contributed by atoms with Crippen molar-refractivity contribution in [2.45, 2.75) is 24.5 Å². The number of carbonyl (C=O) groups excluding carboxylic acids is 2. The van der Waals surface area contributed by atoms with Gasteiger partial charge in [0.1, 0.15) is 17.0 Å². The first kappa shape index (κ1) is 22.7. The molecule has 0 saturated carbocycles. The van der Waals surface area contributed by atoms with E-state index in [1.807, 2.05) is 52.7 Å². The summed E-state index contributed by atoms with van der Waals surface area (Å²) in [6.07, 6.45) is 3.31. The van der Waals surface area contributed by atoms with Crippen LogP contribution in [0.2, 0.25) is 0 Å². The van der Waals surface area contributed by atoms with Crippen LogP contribution in [-0.4, -0.2) is 47.1 Å². The number of nitrogens with zero attached hydrogens (tertiary/aromatic N) is 2. The van der Waals surface area contributed by atoms with Gasteiger partial charge in [-0.25, -0.2) is 4.98 Å². The van der Waals surface area contributed by atoms with E-state index in [9.17, 15) is 9.59 Å². The second-order valence-corrected chi connectivity index (χ2v) is 10.2. The molecule has 0 bridgehead atoms. The summed E-state index contributed by atoms with van der Waals surface area (Å²) < 4.78 is 11.0. The Balaban J connectivity index is 1.08. The molecule has 4 heterocycles. The Kier molecular flexibility index (Phi) is 7.01. The van der Waals surface area contributed by atoms with Gasteiger partial charge in [0, 0.05) is 42.1 Å². The van der Waals surface area contributed by atoms with Gasteiger partial charge in [0.25, 0.3) is 11.8 Å². The molecule has 3 aromatic heterocycles. The number of amides is 2. The molecule has 2 amide bonds. The van der Waals surface area contributed by atoms with Crippen LogP contribution in [0.15, 0.2) is 62.9 Å². The highest BCUT2D eigenvalue weighted by atomic mass is 32.2. The summed E-state index contributed by atoms with van der Waals surface area (Å²) in [5, 5.41) is 6.66. The van der Waals surface area contributed by atoms with Crippen LogP contribution in [0, 0.1) is 0 Å². The highest BCUT2D eigenvalue weighted by molar-refractivity contribution is 7.98. The van der Waals surface area contributed by atoms with E-state index in [0.717, 1.165) is 46.1 Å². The first-order chi connectivity index (χ1) is 16.7. The molecule has 4 aromatic rings. The van der Waals surface area contributed by atoms with Crippen LogP contribution in [0.4, 0.5) is 0 Å². The van der Waals surface area contributed by atoms with Gasteiger partial charge in [-0.05, 0) is 37.1 Å². The van der Waals surface area contributed by atoms with E-state index >= 15 is 0 Å². The highest BCUT2D eigenvalue weighted by Crippen LogP contribution is 2.31. The number of hydrogen-bond acceptors (Lipinski definition) is 7. The van der Waals surface area contributed by atoms with E-state index in [1.54, 1.807) is 18.0 Å². The molecule has 0 atom stereocenters. The lowest BCUT2D eigenvalue weighted by molar-refractivity contribution is 0.0683. The zero-order valence-electron chi connectivity index (χ0n) is 18.6. The number of piperidine rings is 1. The number of thioether (sulfide) groups is 1. The maximum atomic E-state index is 12.9. The largest absolute Gasteiger partial charge is 0.468 e. The molecule has 0 radical (unpaired) electrons. The SMILES string of the molecule is O=C(NCCSCc1ccco1)c1csc(C2CCN(C(=O)c3cc4ccccc4o3)CC2)n1. The van der Waals surface area contributed by atoms with Crippen LogP contribution in [0.5, 0.6) is 0 Å². The second kappa shape index (κ2) is 10.5. The van der Waals surface area contributed by atoms with E-state index in [0.29, 0.717) is 31.1 Å². The first-order valence-electron chi connectivity index (χ1n) is 11.3. The van der Waals surface area contributed by atoms with Crippen LogP contribution in [0.3, 0.4) is 0 Å². The average molecular weight is 496 g/mol. The van der Waals surface area contributed by atoms with Crippen molar-refractivity contribution in [3.63, 3.8) is 0 Å². The minimum absolute atomic E-state index is 0.0706. The summed E-state index contributed by atoms with van der Waals surface area (Å²) in [5.41, 5.74) is 1.20. The van der Waals surface area contributed by atoms with Gasteiger partial charge < -0.3 is 19.1 Å². The third-order valence-electron chi connectivity index (χ3n) is 5.88. The zero-order chi connectivity index (χ0) is 23.3. The number of thiazole rings is 1. The van der Waals surface area contributed by atoms with Gasteiger partial charge in [-0.15, -0.1) is 11.3 Å². The number of hydrogen-bond donors (Lipinski definition) is 1. The fraction of sp³-hybridized carbons (Fsp3) is 0.320. The number of fused-ring (bicyclic) bond motifs is 1. The molecule has 7 nitrogen and oxygen atoms in total. The Bertz CT molecular complexity index is 1220. The number of aromatic nitrogens is 1. The predicted molar refractivity (Wildman–Crippen MR) is 133 cm³/mol. The number of benzene rings is 1. The van der Waals surface area contributed by atoms with E-state index in [4.69, 9.17) is 8.83 Å². The quantitative estimate of drug-likeness (QED) is 0.340. The smallest absolute Gasteiger partial charge is 0.289 e. The molecule has 1 fully saturated rings. The van der Waals surface area contributed by atoms with E-state index in [-0.39, 0.29) is 17.7 Å². The molecule has 1 aliphatic heterocycles. The Labute approximate surface area is 205 Å². The first-order valence-corrected chi connectivity index (χ1v) is 13.3. The monoisotopic (exact) mass is 495 g/mol. The molecular weight excluding hydrogens is 470 g/mol. The van der Waals surface area contributed by atoms with Crippen LogP contribution in [0.1, 0.15) is 50.6 Å². The number of nitrogens with one attached hydrogen (secondary N) is 1. The summed E-state index contributed by atoms with van der Waals surface area (Å²) >= 11 is 3.24. The van der Waals surface area contributed by atoms with Gasteiger partial charge >= 0.3 is 0 Å².